The molecule has 0 fully saturated rings. The van der Waals surface area contributed by atoms with Crippen LogP contribution in [0.4, 0.5) is 13.2 Å². The van der Waals surface area contributed by atoms with Gasteiger partial charge in [0.25, 0.3) is 0 Å². The van der Waals surface area contributed by atoms with E-state index in [2.05, 4.69) is 15.6 Å². The van der Waals surface area contributed by atoms with Gasteiger partial charge >= 0.3 is 6.18 Å². The molecular weight excluding hydrogens is 295 g/mol. The number of rotatable bonds is 7. The number of nitrogens with zero attached hydrogens (tertiary/aromatic N) is 1. The molecule has 0 amide bonds. The molecule has 4 nitrogen and oxygen atoms in total. The van der Waals surface area contributed by atoms with Crippen molar-refractivity contribution < 1.29 is 17.9 Å². The average molecular weight is 317 g/mol. The number of guanidine groups is 1. The van der Waals surface area contributed by atoms with Crippen LogP contribution in [-0.4, -0.2) is 38.4 Å². The third-order valence-corrected chi connectivity index (χ3v) is 2.92. The summed E-state index contributed by atoms with van der Waals surface area (Å²) < 4.78 is 42.1. The van der Waals surface area contributed by atoms with Crippen LogP contribution in [0, 0.1) is 0 Å². The molecule has 1 aromatic carbocycles. The molecule has 0 aliphatic rings. The lowest BCUT2D eigenvalue weighted by molar-refractivity contribution is -0.132. The van der Waals surface area contributed by atoms with Crippen LogP contribution in [0.15, 0.2) is 35.3 Å². The maximum Gasteiger partial charge on any atom is 0.390 e. The molecule has 0 aliphatic heterocycles. The van der Waals surface area contributed by atoms with E-state index in [1.165, 1.54) is 7.05 Å². The fourth-order valence-corrected chi connectivity index (χ4v) is 1.71. The first-order valence-electron chi connectivity index (χ1n) is 7.17. The second kappa shape index (κ2) is 9.17. The zero-order valence-corrected chi connectivity index (χ0v) is 12.8. The molecule has 124 valence electrons. The molecule has 22 heavy (non-hydrogen) atoms. The SMILES string of the molecule is CCC(CNC(=NC)NCCC(F)(F)F)Oc1ccccc1. The van der Waals surface area contributed by atoms with Crippen LogP contribution in [-0.2, 0) is 0 Å². The lowest BCUT2D eigenvalue weighted by Gasteiger charge is -2.20. The highest BCUT2D eigenvalue weighted by molar-refractivity contribution is 5.79. The van der Waals surface area contributed by atoms with E-state index in [1.807, 2.05) is 37.3 Å². The molecule has 0 aliphatic carbocycles. The number of nitrogens with one attached hydrogen (secondary N) is 2. The van der Waals surface area contributed by atoms with Crippen LogP contribution >= 0.6 is 0 Å². The van der Waals surface area contributed by atoms with Crippen LogP contribution in [0.5, 0.6) is 5.75 Å². The summed E-state index contributed by atoms with van der Waals surface area (Å²) in [5.41, 5.74) is 0. The minimum absolute atomic E-state index is 0.0939. The second-order valence-corrected chi connectivity index (χ2v) is 4.71. The second-order valence-electron chi connectivity index (χ2n) is 4.71. The number of hydrogen-bond donors (Lipinski definition) is 2. The van der Waals surface area contributed by atoms with Crippen molar-refractivity contribution >= 4 is 5.96 Å². The molecule has 7 heteroatoms. The summed E-state index contributed by atoms with van der Waals surface area (Å²) in [6, 6.07) is 9.39. The highest BCUT2D eigenvalue weighted by atomic mass is 19.4. The van der Waals surface area contributed by atoms with Gasteiger partial charge < -0.3 is 15.4 Å². The van der Waals surface area contributed by atoms with Gasteiger partial charge in [0.05, 0.1) is 13.0 Å². The molecule has 1 unspecified atom stereocenters. The molecule has 0 heterocycles. The Labute approximate surface area is 128 Å². The Morgan fingerprint density at radius 3 is 2.45 bits per heavy atom. The minimum atomic E-state index is -4.17. The van der Waals surface area contributed by atoms with Gasteiger partial charge in [0.15, 0.2) is 5.96 Å². The summed E-state index contributed by atoms with van der Waals surface area (Å²) in [5, 5.41) is 5.61. The summed E-state index contributed by atoms with van der Waals surface area (Å²) in [7, 11) is 1.52. The zero-order valence-electron chi connectivity index (χ0n) is 12.8. The van der Waals surface area contributed by atoms with Crippen molar-refractivity contribution in [1.29, 1.82) is 0 Å². The van der Waals surface area contributed by atoms with Crippen molar-refractivity contribution in [2.45, 2.75) is 32.0 Å². The van der Waals surface area contributed by atoms with E-state index in [4.69, 9.17) is 4.74 Å². The van der Waals surface area contributed by atoms with Gasteiger partial charge in [-0.3, -0.25) is 4.99 Å². The van der Waals surface area contributed by atoms with Gasteiger partial charge in [-0.05, 0) is 18.6 Å². The van der Waals surface area contributed by atoms with Gasteiger partial charge in [0.1, 0.15) is 11.9 Å². The normalized spacial score (nSPS) is 13.6. The van der Waals surface area contributed by atoms with Gasteiger partial charge in [-0.25, -0.2) is 0 Å². The van der Waals surface area contributed by atoms with Gasteiger partial charge in [-0.15, -0.1) is 0 Å². The Hall–Kier alpha value is -1.92. The van der Waals surface area contributed by atoms with Crippen LogP contribution in [0.1, 0.15) is 19.8 Å². The van der Waals surface area contributed by atoms with E-state index >= 15 is 0 Å². The Bertz CT molecular complexity index is 449. The van der Waals surface area contributed by atoms with Gasteiger partial charge in [-0.2, -0.15) is 13.2 Å². The van der Waals surface area contributed by atoms with Gasteiger partial charge in [-0.1, -0.05) is 25.1 Å². The highest BCUT2D eigenvalue weighted by Crippen LogP contribution is 2.18. The van der Waals surface area contributed by atoms with E-state index in [0.717, 1.165) is 12.2 Å². The van der Waals surface area contributed by atoms with Crippen LogP contribution in [0.25, 0.3) is 0 Å². The number of para-hydroxylation sites is 1. The Morgan fingerprint density at radius 1 is 1.23 bits per heavy atom. The number of halogens is 3. The van der Waals surface area contributed by atoms with Crippen molar-refractivity contribution in [3.63, 3.8) is 0 Å². The average Bonchev–Trinajstić information content (AvgIpc) is 2.49. The maximum atomic E-state index is 12.1. The van der Waals surface area contributed by atoms with Crippen molar-refractivity contribution in [2.24, 2.45) is 4.99 Å². The van der Waals surface area contributed by atoms with Gasteiger partial charge in [0.2, 0.25) is 0 Å². The molecular formula is C15H22F3N3O. The van der Waals surface area contributed by atoms with Crippen LogP contribution < -0.4 is 15.4 Å². The summed E-state index contributed by atoms with van der Waals surface area (Å²) in [6.07, 6.45) is -4.40. The molecule has 0 aromatic heterocycles. The molecule has 0 spiro atoms. The van der Waals surface area contributed by atoms with E-state index in [9.17, 15) is 13.2 Å². The molecule has 1 atom stereocenters. The number of alkyl halides is 3. The topological polar surface area (TPSA) is 45.7 Å². The summed E-state index contributed by atoms with van der Waals surface area (Å²) in [4.78, 5) is 3.89. The van der Waals surface area contributed by atoms with Crippen LogP contribution in [0.2, 0.25) is 0 Å². The first-order chi connectivity index (χ1) is 10.4. The number of hydrogen-bond acceptors (Lipinski definition) is 2. The van der Waals surface area contributed by atoms with E-state index in [0.29, 0.717) is 12.5 Å². The zero-order chi connectivity index (χ0) is 16.4. The largest absolute Gasteiger partial charge is 0.489 e. The van der Waals surface area contributed by atoms with E-state index in [1.54, 1.807) is 0 Å². The highest BCUT2D eigenvalue weighted by Gasteiger charge is 2.26. The molecule has 0 radical (unpaired) electrons. The third kappa shape index (κ3) is 7.75. The third-order valence-electron chi connectivity index (χ3n) is 2.92. The molecule has 0 saturated heterocycles. The Kier molecular flexibility index (Phi) is 7.56. The molecule has 0 bridgehead atoms. The summed E-state index contributed by atoms with van der Waals surface area (Å²) in [5.74, 6) is 1.09. The standard InChI is InChI=1S/C15H22F3N3O/c1-3-12(22-13-7-5-4-6-8-13)11-21-14(19-2)20-10-9-15(16,17)18/h4-8,12H,3,9-11H2,1-2H3,(H2,19,20,21). The van der Waals surface area contributed by atoms with Gasteiger partial charge in [0, 0.05) is 13.6 Å². The molecule has 1 aromatic rings. The quantitative estimate of drug-likeness (QED) is 0.600. The minimum Gasteiger partial charge on any atom is -0.489 e. The Balaban J connectivity index is 2.37. The monoisotopic (exact) mass is 317 g/mol. The van der Waals surface area contributed by atoms with Crippen molar-refractivity contribution in [3.05, 3.63) is 30.3 Å². The molecule has 2 N–H and O–H groups in total. The van der Waals surface area contributed by atoms with E-state index < -0.39 is 12.6 Å². The maximum absolute atomic E-state index is 12.1. The fraction of sp³-hybridized carbons (Fsp3) is 0.533. The lowest BCUT2D eigenvalue weighted by Crippen LogP contribution is -2.43. The predicted octanol–water partition coefficient (Wildman–Crippen LogP) is 2.96. The predicted molar refractivity (Wildman–Crippen MR) is 81.2 cm³/mol. The smallest absolute Gasteiger partial charge is 0.390 e. The Morgan fingerprint density at radius 2 is 1.91 bits per heavy atom. The first-order valence-corrected chi connectivity index (χ1v) is 7.17. The lowest BCUT2D eigenvalue weighted by atomic mass is 10.2. The first kappa shape index (κ1) is 18.1. The van der Waals surface area contributed by atoms with Crippen molar-refractivity contribution in [3.8, 4) is 5.75 Å². The van der Waals surface area contributed by atoms with E-state index in [-0.39, 0.29) is 12.6 Å². The summed E-state index contributed by atoms with van der Waals surface area (Å²) in [6.45, 7) is 2.23. The number of ether oxygens (including phenoxy) is 1. The number of benzene rings is 1. The number of aliphatic imine (C=N–C) groups is 1. The van der Waals surface area contributed by atoms with Crippen molar-refractivity contribution in [1.82, 2.24) is 10.6 Å². The van der Waals surface area contributed by atoms with Crippen molar-refractivity contribution in [2.75, 3.05) is 20.1 Å². The molecule has 0 saturated carbocycles. The van der Waals surface area contributed by atoms with Crippen LogP contribution in [0.3, 0.4) is 0 Å². The summed E-state index contributed by atoms with van der Waals surface area (Å²) >= 11 is 0. The molecule has 1 rings (SSSR count). The fourth-order valence-electron chi connectivity index (χ4n) is 1.71.